The molecule has 0 spiro atoms. The topological polar surface area (TPSA) is 99.1 Å². The minimum Gasteiger partial charge on any atom is -0.477 e. The number of quaternary nitrogens is 1. The van der Waals surface area contributed by atoms with Gasteiger partial charge in [0.1, 0.15) is 6.61 Å². The minimum absolute atomic E-state index is 0.0513. The Morgan fingerprint density at radius 1 is 0.569 bits per heavy atom. The monoisotopic (exact) mass is 725 g/mol. The molecule has 0 saturated carbocycles. The van der Waals surface area contributed by atoms with Gasteiger partial charge < -0.3 is 23.8 Å². The Kier molecular flexibility index (Phi) is 33.8. The van der Waals surface area contributed by atoms with Crippen LogP contribution in [-0.4, -0.2) is 80.6 Å². The molecule has 2 unspecified atom stereocenters. The largest absolute Gasteiger partial charge is 0.477 e. The second kappa shape index (κ2) is 35.1. The molecule has 0 radical (unpaired) electrons. The third-order valence-electron chi connectivity index (χ3n) is 9.66. The van der Waals surface area contributed by atoms with E-state index in [0.29, 0.717) is 19.3 Å². The maximum Gasteiger partial charge on any atom is 0.362 e. The SMILES string of the molecule is CCCCCCCC/C=C/CCCCCC(=O)OC(COCCC(C(=O)O)[N+](C)(C)C)COC(=O)CCCCCCCCCCCCCCCC. The summed E-state index contributed by atoms with van der Waals surface area (Å²) in [7, 11) is 5.52. The van der Waals surface area contributed by atoms with E-state index in [0.717, 1.165) is 51.4 Å². The maximum atomic E-state index is 12.7. The van der Waals surface area contributed by atoms with Crippen LogP contribution in [0.5, 0.6) is 0 Å². The summed E-state index contributed by atoms with van der Waals surface area (Å²) in [4.78, 5) is 36.9. The molecule has 2 atom stereocenters. The number of likely N-dealkylation sites (N-methyl/N-ethyl adjacent to an activating group) is 1. The molecule has 0 amide bonds. The van der Waals surface area contributed by atoms with Gasteiger partial charge in [-0.05, 0) is 38.5 Å². The number of carboxylic acids is 1. The van der Waals surface area contributed by atoms with Crippen molar-refractivity contribution in [2.75, 3.05) is 41.0 Å². The summed E-state index contributed by atoms with van der Waals surface area (Å²) in [6.45, 7) is 4.72. The molecule has 51 heavy (non-hydrogen) atoms. The minimum atomic E-state index is -0.875. The first-order valence-corrected chi connectivity index (χ1v) is 21.2. The Labute approximate surface area is 314 Å². The van der Waals surface area contributed by atoms with E-state index < -0.39 is 18.1 Å². The summed E-state index contributed by atoms with van der Waals surface area (Å²) >= 11 is 0. The van der Waals surface area contributed by atoms with Crippen LogP contribution in [0, 0.1) is 0 Å². The Morgan fingerprint density at radius 3 is 1.43 bits per heavy atom. The number of ether oxygens (including phenoxy) is 3. The number of carbonyl (C=O) groups is 3. The van der Waals surface area contributed by atoms with E-state index in [1.807, 2.05) is 21.1 Å². The number of esters is 2. The molecule has 300 valence electrons. The number of carboxylic acid groups (broad SMARTS) is 1. The van der Waals surface area contributed by atoms with Crippen LogP contribution in [0.2, 0.25) is 0 Å². The highest BCUT2D eigenvalue weighted by molar-refractivity contribution is 5.72. The van der Waals surface area contributed by atoms with Gasteiger partial charge in [0.05, 0.1) is 34.4 Å². The van der Waals surface area contributed by atoms with Gasteiger partial charge >= 0.3 is 17.9 Å². The summed E-state index contributed by atoms with van der Waals surface area (Å²) in [6, 6.07) is -0.612. The fourth-order valence-electron chi connectivity index (χ4n) is 6.32. The number of carbonyl (C=O) groups excluding carboxylic acids is 2. The van der Waals surface area contributed by atoms with Crippen LogP contribution >= 0.6 is 0 Å². The highest BCUT2D eigenvalue weighted by Crippen LogP contribution is 2.15. The van der Waals surface area contributed by atoms with Crippen molar-refractivity contribution >= 4 is 17.9 Å². The predicted octanol–water partition coefficient (Wildman–Crippen LogP) is 11.1. The quantitative estimate of drug-likeness (QED) is 0.0293. The molecule has 0 aliphatic carbocycles. The molecule has 0 aliphatic heterocycles. The molecule has 1 N–H and O–H groups in total. The van der Waals surface area contributed by atoms with Crippen LogP contribution in [0.25, 0.3) is 0 Å². The van der Waals surface area contributed by atoms with Crippen LogP contribution in [0.3, 0.4) is 0 Å². The third kappa shape index (κ3) is 33.6. The fourth-order valence-corrected chi connectivity index (χ4v) is 6.32. The lowest BCUT2D eigenvalue weighted by Crippen LogP contribution is -2.50. The average Bonchev–Trinajstić information content (AvgIpc) is 3.08. The van der Waals surface area contributed by atoms with E-state index >= 15 is 0 Å². The standard InChI is InChI=1S/C43H81NO7/c1-6-8-10-12-14-16-18-20-22-23-25-27-29-31-33-41(45)50-38-39(37-49-36-35-40(43(47)48)44(3,4)5)51-42(46)34-32-30-28-26-24-21-19-17-15-13-11-9-7-2/h21,24,39-40H,6-20,22-23,25-38H2,1-5H3/p+1/b24-21+. The van der Waals surface area contributed by atoms with E-state index in [1.54, 1.807) is 0 Å². The van der Waals surface area contributed by atoms with Crippen molar-refractivity contribution < 1.29 is 38.2 Å². The molecule has 8 heteroatoms. The van der Waals surface area contributed by atoms with Gasteiger partial charge in [0.25, 0.3) is 0 Å². The molecular formula is C43H82NO7+. The number of nitrogens with zero attached hydrogens (tertiary/aromatic N) is 1. The van der Waals surface area contributed by atoms with Crippen molar-refractivity contribution in [3.05, 3.63) is 12.2 Å². The molecule has 0 aromatic carbocycles. The first-order chi connectivity index (χ1) is 24.6. The lowest BCUT2D eigenvalue weighted by Gasteiger charge is -2.31. The van der Waals surface area contributed by atoms with Gasteiger partial charge in [-0.25, -0.2) is 4.79 Å². The first-order valence-electron chi connectivity index (χ1n) is 21.2. The molecule has 0 fully saturated rings. The van der Waals surface area contributed by atoms with Crippen molar-refractivity contribution in [1.82, 2.24) is 0 Å². The summed E-state index contributed by atoms with van der Waals surface area (Å²) < 4.78 is 17.2. The highest BCUT2D eigenvalue weighted by Gasteiger charge is 2.31. The summed E-state index contributed by atoms with van der Waals surface area (Å²) in [5.74, 6) is -1.48. The van der Waals surface area contributed by atoms with Crippen LogP contribution in [0.4, 0.5) is 0 Å². The zero-order valence-electron chi connectivity index (χ0n) is 34.1. The van der Waals surface area contributed by atoms with E-state index in [9.17, 15) is 19.5 Å². The Bertz CT molecular complexity index is 854. The van der Waals surface area contributed by atoms with Gasteiger partial charge in [-0.15, -0.1) is 0 Å². The second-order valence-corrected chi connectivity index (χ2v) is 15.6. The molecule has 0 bridgehead atoms. The number of rotatable bonds is 38. The lowest BCUT2D eigenvalue weighted by atomic mass is 10.0. The average molecular weight is 725 g/mol. The van der Waals surface area contributed by atoms with Crippen LogP contribution in [0.1, 0.15) is 194 Å². The second-order valence-electron chi connectivity index (χ2n) is 15.6. The van der Waals surface area contributed by atoms with Gasteiger partial charge in [-0.1, -0.05) is 148 Å². The van der Waals surface area contributed by atoms with Crippen LogP contribution in [-0.2, 0) is 28.6 Å². The van der Waals surface area contributed by atoms with Crippen molar-refractivity contribution in [1.29, 1.82) is 0 Å². The molecule has 0 saturated heterocycles. The van der Waals surface area contributed by atoms with Crippen LogP contribution in [0.15, 0.2) is 12.2 Å². The summed E-state index contributed by atoms with van der Waals surface area (Å²) in [6.07, 6.45) is 35.3. The van der Waals surface area contributed by atoms with Gasteiger partial charge in [0.2, 0.25) is 0 Å². The van der Waals surface area contributed by atoms with Crippen molar-refractivity contribution in [3.63, 3.8) is 0 Å². The predicted molar refractivity (Wildman–Crippen MR) is 211 cm³/mol. The van der Waals surface area contributed by atoms with Crippen molar-refractivity contribution in [3.8, 4) is 0 Å². The van der Waals surface area contributed by atoms with E-state index in [1.165, 1.54) is 109 Å². The van der Waals surface area contributed by atoms with Gasteiger partial charge in [0, 0.05) is 19.3 Å². The fraction of sp³-hybridized carbons (Fsp3) is 0.884. The Balaban J connectivity index is 4.37. The van der Waals surface area contributed by atoms with E-state index in [-0.39, 0.29) is 36.2 Å². The van der Waals surface area contributed by atoms with E-state index in [2.05, 4.69) is 26.0 Å². The Morgan fingerprint density at radius 2 is 0.980 bits per heavy atom. The van der Waals surface area contributed by atoms with E-state index in [4.69, 9.17) is 14.2 Å². The zero-order valence-corrected chi connectivity index (χ0v) is 34.1. The summed E-state index contributed by atoms with van der Waals surface area (Å²) in [5.41, 5.74) is 0. The third-order valence-corrected chi connectivity index (χ3v) is 9.66. The molecule has 0 aromatic rings. The zero-order chi connectivity index (χ0) is 37.8. The number of unbranched alkanes of at least 4 members (excludes halogenated alkanes) is 22. The Hall–Kier alpha value is -1.93. The van der Waals surface area contributed by atoms with Gasteiger partial charge in [-0.3, -0.25) is 9.59 Å². The molecule has 0 rings (SSSR count). The van der Waals surface area contributed by atoms with Crippen LogP contribution < -0.4 is 0 Å². The first kappa shape index (κ1) is 49.1. The number of aliphatic carboxylic acids is 1. The van der Waals surface area contributed by atoms with Crippen molar-refractivity contribution in [2.24, 2.45) is 0 Å². The molecule has 0 heterocycles. The molecular weight excluding hydrogens is 642 g/mol. The maximum absolute atomic E-state index is 12.7. The molecule has 0 aromatic heterocycles. The smallest absolute Gasteiger partial charge is 0.362 e. The molecule has 8 nitrogen and oxygen atoms in total. The highest BCUT2D eigenvalue weighted by atomic mass is 16.6. The molecule has 0 aliphatic rings. The lowest BCUT2D eigenvalue weighted by molar-refractivity contribution is -0.887. The number of hydrogen-bond donors (Lipinski definition) is 1. The van der Waals surface area contributed by atoms with Crippen molar-refractivity contribution in [2.45, 2.75) is 206 Å². The normalized spacial score (nSPS) is 13.0. The number of hydrogen-bond acceptors (Lipinski definition) is 6. The number of allylic oxidation sites excluding steroid dienone is 2. The summed E-state index contributed by atoms with van der Waals surface area (Å²) in [5, 5.41) is 9.60. The van der Waals surface area contributed by atoms with Gasteiger partial charge in [-0.2, -0.15) is 0 Å². The van der Waals surface area contributed by atoms with Gasteiger partial charge in [0.15, 0.2) is 12.1 Å².